The third-order valence-electron chi connectivity index (χ3n) is 5.52. The number of halogens is 1. The molecule has 0 bridgehead atoms. The van der Waals surface area contributed by atoms with E-state index in [9.17, 15) is 4.79 Å². The van der Waals surface area contributed by atoms with Gasteiger partial charge in [0.2, 0.25) is 0 Å². The first-order valence-corrected chi connectivity index (χ1v) is 11.5. The lowest BCUT2D eigenvalue weighted by Crippen LogP contribution is -2.19. The molecule has 0 atom stereocenters. The van der Waals surface area contributed by atoms with E-state index < -0.39 is 0 Å². The molecule has 35 heavy (non-hydrogen) atoms. The third-order valence-corrected chi connectivity index (χ3v) is 5.82. The Balaban J connectivity index is 1.37. The van der Waals surface area contributed by atoms with Crippen LogP contribution in [-0.2, 0) is 0 Å². The fraction of sp³-hybridized carbons (Fsp3) is 0.0345. The zero-order chi connectivity index (χ0) is 24.2. The first kappa shape index (κ1) is 22.4. The van der Waals surface area contributed by atoms with Crippen LogP contribution in [0.4, 0.5) is 16.2 Å². The number of para-hydroxylation sites is 2. The maximum absolute atomic E-state index is 12.3. The van der Waals surface area contributed by atoms with E-state index in [1.165, 1.54) is 0 Å². The van der Waals surface area contributed by atoms with E-state index in [1.807, 2.05) is 104 Å². The average molecular weight is 480 g/mol. The topological polar surface area (TPSA) is 63.2 Å². The van der Waals surface area contributed by atoms with Crippen molar-refractivity contribution in [2.45, 2.75) is 6.92 Å². The minimum atomic E-state index is -0.325. The molecule has 0 aliphatic heterocycles. The van der Waals surface area contributed by atoms with Gasteiger partial charge < -0.3 is 15.4 Å². The van der Waals surface area contributed by atoms with Crippen LogP contribution in [0.25, 0.3) is 22.0 Å². The van der Waals surface area contributed by atoms with Crippen LogP contribution in [0.2, 0.25) is 5.02 Å². The van der Waals surface area contributed by atoms with Crippen molar-refractivity contribution in [1.29, 1.82) is 0 Å². The quantitative estimate of drug-likeness (QED) is 0.266. The molecule has 172 valence electrons. The lowest BCUT2D eigenvalue weighted by molar-refractivity contribution is 0.262. The van der Waals surface area contributed by atoms with Gasteiger partial charge in [-0.05, 0) is 66.1 Å². The number of nitrogens with one attached hydrogen (secondary N) is 2. The highest BCUT2D eigenvalue weighted by Gasteiger charge is 2.12. The Morgan fingerprint density at radius 1 is 0.800 bits per heavy atom. The van der Waals surface area contributed by atoms with Gasteiger partial charge in [-0.25, -0.2) is 4.79 Å². The highest BCUT2D eigenvalue weighted by molar-refractivity contribution is 6.35. The number of aryl methyl sites for hydroxylation is 1. The summed E-state index contributed by atoms with van der Waals surface area (Å²) in [7, 11) is 0. The van der Waals surface area contributed by atoms with Crippen LogP contribution in [-0.4, -0.2) is 11.0 Å². The van der Waals surface area contributed by atoms with Crippen LogP contribution in [0.3, 0.4) is 0 Å². The zero-order valence-electron chi connectivity index (χ0n) is 19.0. The van der Waals surface area contributed by atoms with E-state index in [2.05, 4.69) is 15.6 Å². The van der Waals surface area contributed by atoms with Gasteiger partial charge in [-0.2, -0.15) is 0 Å². The Labute approximate surface area is 208 Å². The summed E-state index contributed by atoms with van der Waals surface area (Å²) < 4.78 is 6.14. The lowest BCUT2D eigenvalue weighted by Gasteiger charge is -2.13. The summed E-state index contributed by atoms with van der Waals surface area (Å²) in [6, 6.07) is 29.9. The predicted octanol–water partition coefficient (Wildman–Crippen LogP) is 8.30. The summed E-state index contributed by atoms with van der Waals surface area (Å²) in [6.45, 7) is 2.03. The third kappa shape index (κ3) is 5.10. The van der Waals surface area contributed by atoms with Gasteiger partial charge in [0.05, 0.1) is 10.5 Å². The molecule has 5 nitrogen and oxygen atoms in total. The molecule has 2 amide bonds. The van der Waals surface area contributed by atoms with Crippen molar-refractivity contribution in [3.63, 3.8) is 0 Å². The van der Waals surface area contributed by atoms with Crippen LogP contribution < -0.4 is 15.4 Å². The number of aromatic nitrogens is 1. The number of pyridine rings is 1. The van der Waals surface area contributed by atoms with Crippen molar-refractivity contribution in [2.24, 2.45) is 0 Å². The Morgan fingerprint density at radius 2 is 1.49 bits per heavy atom. The van der Waals surface area contributed by atoms with Gasteiger partial charge in [0, 0.05) is 29.0 Å². The van der Waals surface area contributed by atoms with E-state index in [0.29, 0.717) is 22.2 Å². The van der Waals surface area contributed by atoms with E-state index in [0.717, 1.165) is 33.3 Å². The molecule has 0 saturated heterocycles. The smallest absolute Gasteiger partial charge is 0.323 e. The van der Waals surface area contributed by atoms with E-state index >= 15 is 0 Å². The number of carbonyl (C=O) groups is 1. The van der Waals surface area contributed by atoms with Gasteiger partial charge in [-0.1, -0.05) is 60.1 Å². The first-order chi connectivity index (χ1) is 17.1. The zero-order valence-corrected chi connectivity index (χ0v) is 19.7. The Hall–Kier alpha value is -4.35. The SMILES string of the molecule is Cc1cnc2c(Cl)cccc2c1-c1cccc(Oc2cccc(NC(=O)Nc3ccccc3)c2)c1. The van der Waals surface area contributed by atoms with E-state index in [1.54, 1.807) is 6.07 Å². The standard InChI is InChI=1S/C29H22ClN3O2/c1-19-18-31-28-25(14-7-15-26(28)30)27(19)20-8-5-12-23(16-20)35-24-13-6-11-22(17-24)33-29(34)32-21-9-3-2-4-10-21/h2-18H,1H3,(H2,32,33,34). The van der Waals surface area contributed by atoms with E-state index in [4.69, 9.17) is 16.3 Å². The van der Waals surface area contributed by atoms with Crippen LogP contribution in [0.5, 0.6) is 11.5 Å². The molecule has 4 aromatic carbocycles. The Morgan fingerprint density at radius 3 is 2.31 bits per heavy atom. The number of hydrogen-bond acceptors (Lipinski definition) is 3. The molecule has 1 heterocycles. The summed E-state index contributed by atoms with van der Waals surface area (Å²) in [5, 5.41) is 7.25. The molecule has 0 aliphatic carbocycles. The van der Waals surface area contributed by atoms with Crippen LogP contribution in [0, 0.1) is 6.92 Å². The molecule has 0 saturated carbocycles. The van der Waals surface area contributed by atoms with Crippen molar-refractivity contribution >= 4 is 39.9 Å². The molecular formula is C29H22ClN3O2. The molecule has 1 aromatic heterocycles. The minimum Gasteiger partial charge on any atom is -0.457 e. The maximum atomic E-state index is 12.3. The number of fused-ring (bicyclic) bond motifs is 1. The number of carbonyl (C=O) groups excluding carboxylic acids is 1. The minimum absolute atomic E-state index is 0.325. The van der Waals surface area contributed by atoms with Crippen molar-refractivity contribution in [3.05, 3.63) is 114 Å². The molecule has 0 radical (unpaired) electrons. The van der Waals surface area contributed by atoms with Crippen molar-refractivity contribution in [1.82, 2.24) is 4.98 Å². The molecule has 0 spiro atoms. The molecular weight excluding hydrogens is 458 g/mol. The fourth-order valence-corrected chi connectivity index (χ4v) is 4.20. The van der Waals surface area contributed by atoms with Gasteiger partial charge in [-0.3, -0.25) is 4.98 Å². The van der Waals surface area contributed by atoms with Gasteiger partial charge >= 0.3 is 6.03 Å². The first-order valence-electron chi connectivity index (χ1n) is 11.1. The van der Waals surface area contributed by atoms with Gasteiger partial charge in [-0.15, -0.1) is 0 Å². The fourth-order valence-electron chi connectivity index (χ4n) is 3.97. The monoisotopic (exact) mass is 479 g/mol. The second kappa shape index (κ2) is 9.87. The summed E-state index contributed by atoms with van der Waals surface area (Å²) in [4.78, 5) is 16.9. The number of rotatable bonds is 5. The Kier molecular flexibility index (Phi) is 6.33. The Bertz CT molecular complexity index is 1520. The van der Waals surface area contributed by atoms with Crippen molar-refractivity contribution in [2.75, 3.05) is 10.6 Å². The molecule has 0 fully saturated rings. The van der Waals surface area contributed by atoms with Crippen LogP contribution >= 0.6 is 11.6 Å². The number of ether oxygens (including phenoxy) is 1. The summed E-state index contributed by atoms with van der Waals surface area (Å²) in [6.07, 6.45) is 1.84. The summed E-state index contributed by atoms with van der Waals surface area (Å²) >= 11 is 6.38. The normalized spacial score (nSPS) is 10.7. The highest BCUT2D eigenvalue weighted by atomic mass is 35.5. The molecule has 5 aromatic rings. The second-order valence-corrected chi connectivity index (χ2v) is 8.46. The van der Waals surface area contributed by atoms with Crippen LogP contribution in [0.1, 0.15) is 5.56 Å². The predicted molar refractivity (Wildman–Crippen MR) is 143 cm³/mol. The average Bonchev–Trinajstić information content (AvgIpc) is 2.85. The van der Waals surface area contributed by atoms with Gasteiger partial charge in [0.1, 0.15) is 11.5 Å². The number of amides is 2. The number of nitrogens with zero attached hydrogens (tertiary/aromatic N) is 1. The van der Waals surface area contributed by atoms with Crippen LogP contribution in [0.15, 0.2) is 103 Å². The molecule has 6 heteroatoms. The number of benzene rings is 4. The number of hydrogen-bond donors (Lipinski definition) is 2. The van der Waals surface area contributed by atoms with Gasteiger partial charge in [0.25, 0.3) is 0 Å². The molecule has 2 N–H and O–H groups in total. The van der Waals surface area contributed by atoms with E-state index in [-0.39, 0.29) is 6.03 Å². The van der Waals surface area contributed by atoms with Crippen molar-refractivity contribution in [3.8, 4) is 22.6 Å². The molecule has 0 aliphatic rings. The highest BCUT2D eigenvalue weighted by Crippen LogP contribution is 2.36. The summed E-state index contributed by atoms with van der Waals surface area (Å²) in [5.41, 5.74) is 5.23. The van der Waals surface area contributed by atoms with Crippen molar-refractivity contribution < 1.29 is 9.53 Å². The van der Waals surface area contributed by atoms with Gasteiger partial charge in [0.15, 0.2) is 0 Å². The largest absolute Gasteiger partial charge is 0.457 e. The molecule has 0 unspecified atom stereocenters. The summed E-state index contributed by atoms with van der Waals surface area (Å²) in [5.74, 6) is 1.29. The number of anilines is 2. The number of urea groups is 1. The maximum Gasteiger partial charge on any atom is 0.323 e. The molecule has 5 rings (SSSR count). The second-order valence-electron chi connectivity index (χ2n) is 8.06. The lowest BCUT2D eigenvalue weighted by atomic mass is 9.97.